The number of amides is 2. The smallest absolute Gasteiger partial charge is 0.316 e. The molecule has 0 atom stereocenters. The molecule has 0 aromatic heterocycles. The summed E-state index contributed by atoms with van der Waals surface area (Å²) < 4.78 is 5.26. The van der Waals surface area contributed by atoms with E-state index in [0.717, 1.165) is 19.4 Å². The number of nitrogens with zero attached hydrogens (tertiary/aromatic N) is 1. The van der Waals surface area contributed by atoms with E-state index < -0.39 is 11.8 Å². The lowest BCUT2D eigenvalue weighted by Crippen LogP contribution is -2.26. The van der Waals surface area contributed by atoms with Gasteiger partial charge in [0.1, 0.15) is 0 Å². The molecule has 2 N–H and O–H groups in total. The van der Waals surface area contributed by atoms with Gasteiger partial charge >= 0.3 is 11.8 Å². The Bertz CT molecular complexity index is 258. The van der Waals surface area contributed by atoms with Gasteiger partial charge in [0.25, 0.3) is 0 Å². The quantitative estimate of drug-likeness (QED) is 0.457. The predicted octanol–water partition coefficient (Wildman–Crippen LogP) is -0.595. The molecule has 1 saturated heterocycles. The van der Waals surface area contributed by atoms with Crippen LogP contribution in [0.3, 0.4) is 0 Å². The van der Waals surface area contributed by atoms with E-state index in [2.05, 4.69) is 22.5 Å². The summed E-state index contributed by atoms with van der Waals surface area (Å²) in [6.45, 7) is 3.74. The average Bonchev–Trinajstić information content (AvgIpc) is 2.52. The van der Waals surface area contributed by atoms with E-state index >= 15 is 0 Å². The van der Waals surface area contributed by atoms with E-state index in [9.17, 15) is 9.59 Å². The number of carbonyl (C=O) groups excluding carboxylic acids is 2. The van der Waals surface area contributed by atoms with Crippen molar-refractivity contribution in [2.45, 2.75) is 19.8 Å². The highest BCUT2D eigenvalue weighted by Gasteiger charge is 2.24. The number of ether oxygens (including phenoxy) is 1. The van der Waals surface area contributed by atoms with Gasteiger partial charge in [-0.2, -0.15) is 0 Å². The maximum atomic E-state index is 10.7. The van der Waals surface area contributed by atoms with Crippen LogP contribution in [0.1, 0.15) is 19.8 Å². The van der Waals surface area contributed by atoms with Gasteiger partial charge in [-0.3, -0.25) is 25.2 Å². The van der Waals surface area contributed by atoms with Crippen molar-refractivity contribution in [3.63, 3.8) is 0 Å². The highest BCUT2D eigenvalue weighted by Crippen LogP contribution is 1.88. The number of rotatable bonds is 6. The van der Waals surface area contributed by atoms with Crippen molar-refractivity contribution in [2.75, 3.05) is 19.8 Å². The first-order valence-corrected chi connectivity index (χ1v) is 4.98. The average molecular weight is 213 g/mol. The fourth-order valence-corrected chi connectivity index (χ4v) is 1.01. The molecule has 0 radical (unpaired) electrons. The minimum absolute atomic E-state index is 0.212. The third-order valence-corrected chi connectivity index (χ3v) is 1.82. The molecule has 0 aromatic carbocycles. The summed E-state index contributed by atoms with van der Waals surface area (Å²) in [4.78, 5) is 25.4. The fourth-order valence-electron chi connectivity index (χ4n) is 1.01. The maximum absolute atomic E-state index is 10.7. The standard InChI is InChI=1S/C9H15N3O3/c1-2-3-5-15-6-4-10-9-11-7(13)8(14)12-9/h2-6H2,1H3,(H2,10,11,12,13,14). The Kier molecular flexibility index (Phi) is 4.76. The first-order chi connectivity index (χ1) is 7.24. The van der Waals surface area contributed by atoms with Crippen LogP contribution in [0.25, 0.3) is 0 Å². The summed E-state index contributed by atoms with van der Waals surface area (Å²) in [6.07, 6.45) is 2.13. The van der Waals surface area contributed by atoms with E-state index in [-0.39, 0.29) is 5.96 Å². The number of carbonyl (C=O) groups is 2. The maximum Gasteiger partial charge on any atom is 0.316 e. The van der Waals surface area contributed by atoms with Crippen molar-refractivity contribution in [1.29, 1.82) is 0 Å². The van der Waals surface area contributed by atoms with Gasteiger partial charge in [0.2, 0.25) is 5.96 Å². The number of hydrogen-bond donors (Lipinski definition) is 2. The van der Waals surface area contributed by atoms with Crippen molar-refractivity contribution < 1.29 is 14.3 Å². The molecule has 1 fully saturated rings. The fraction of sp³-hybridized carbons (Fsp3) is 0.667. The van der Waals surface area contributed by atoms with Gasteiger partial charge in [-0.25, -0.2) is 0 Å². The van der Waals surface area contributed by atoms with Crippen molar-refractivity contribution in [2.24, 2.45) is 4.99 Å². The van der Waals surface area contributed by atoms with Crippen LogP contribution in [0, 0.1) is 0 Å². The summed E-state index contributed by atoms with van der Waals surface area (Å²) in [7, 11) is 0. The number of unbranched alkanes of at least 4 members (excludes halogenated alkanes) is 1. The minimum Gasteiger partial charge on any atom is -0.380 e. The van der Waals surface area contributed by atoms with Gasteiger partial charge < -0.3 is 4.74 Å². The largest absolute Gasteiger partial charge is 0.380 e. The van der Waals surface area contributed by atoms with Crippen LogP contribution >= 0.6 is 0 Å². The monoisotopic (exact) mass is 213 g/mol. The molecule has 6 heteroatoms. The zero-order chi connectivity index (χ0) is 11.1. The molecule has 1 heterocycles. The van der Waals surface area contributed by atoms with Crippen LogP contribution in [0.15, 0.2) is 4.99 Å². The van der Waals surface area contributed by atoms with Crippen LogP contribution in [0.5, 0.6) is 0 Å². The molecule has 0 saturated carbocycles. The molecule has 84 valence electrons. The molecule has 1 aliphatic rings. The molecule has 0 aliphatic carbocycles. The number of hydrogen-bond acceptors (Lipinski definition) is 4. The molecule has 6 nitrogen and oxygen atoms in total. The normalized spacial score (nSPS) is 15.1. The second-order valence-corrected chi connectivity index (χ2v) is 3.10. The first kappa shape index (κ1) is 11.6. The summed E-state index contributed by atoms with van der Waals surface area (Å²) in [5.41, 5.74) is 0. The molecular formula is C9H15N3O3. The van der Waals surface area contributed by atoms with E-state index in [4.69, 9.17) is 4.74 Å². The molecule has 0 aromatic rings. The SMILES string of the molecule is CCCCOCCN=C1NC(=O)C(=O)N1. The number of guanidine groups is 1. The number of nitrogens with one attached hydrogen (secondary N) is 2. The lowest BCUT2D eigenvalue weighted by atomic mass is 10.4. The van der Waals surface area contributed by atoms with Crippen LogP contribution in [0.2, 0.25) is 0 Å². The second-order valence-electron chi connectivity index (χ2n) is 3.10. The second kappa shape index (κ2) is 6.13. The van der Waals surface area contributed by atoms with Crippen LogP contribution in [-0.2, 0) is 14.3 Å². The molecular weight excluding hydrogens is 198 g/mol. The Labute approximate surface area is 88.1 Å². The van der Waals surface area contributed by atoms with Gasteiger partial charge in [0.15, 0.2) is 0 Å². The summed E-state index contributed by atoms with van der Waals surface area (Å²) in [6, 6.07) is 0. The predicted molar refractivity (Wildman–Crippen MR) is 54.3 cm³/mol. The molecule has 0 bridgehead atoms. The summed E-state index contributed by atoms with van der Waals surface area (Å²) >= 11 is 0. The van der Waals surface area contributed by atoms with E-state index in [0.29, 0.717) is 13.2 Å². The molecule has 0 unspecified atom stereocenters. The Morgan fingerprint density at radius 3 is 2.47 bits per heavy atom. The van der Waals surface area contributed by atoms with E-state index in [1.807, 2.05) is 0 Å². The summed E-state index contributed by atoms with van der Waals surface area (Å²) in [5.74, 6) is -1.12. The zero-order valence-corrected chi connectivity index (χ0v) is 8.71. The van der Waals surface area contributed by atoms with E-state index in [1.54, 1.807) is 0 Å². The minimum atomic E-state index is -0.666. The Morgan fingerprint density at radius 2 is 1.87 bits per heavy atom. The summed E-state index contributed by atoms with van der Waals surface area (Å²) in [5, 5.41) is 4.60. The van der Waals surface area contributed by atoms with E-state index in [1.165, 1.54) is 0 Å². The first-order valence-electron chi connectivity index (χ1n) is 4.98. The zero-order valence-electron chi connectivity index (χ0n) is 8.71. The Morgan fingerprint density at radius 1 is 1.20 bits per heavy atom. The van der Waals surface area contributed by atoms with Crippen LogP contribution < -0.4 is 10.6 Å². The Balaban J connectivity index is 2.11. The van der Waals surface area contributed by atoms with Crippen molar-refractivity contribution in [3.05, 3.63) is 0 Å². The topological polar surface area (TPSA) is 79.8 Å². The van der Waals surface area contributed by atoms with Gasteiger partial charge in [-0.1, -0.05) is 13.3 Å². The lowest BCUT2D eigenvalue weighted by molar-refractivity contribution is -0.135. The van der Waals surface area contributed by atoms with Gasteiger partial charge in [0.05, 0.1) is 13.2 Å². The van der Waals surface area contributed by atoms with Gasteiger partial charge in [-0.15, -0.1) is 0 Å². The van der Waals surface area contributed by atoms with Crippen LogP contribution in [-0.4, -0.2) is 37.5 Å². The highest BCUT2D eigenvalue weighted by atomic mass is 16.5. The van der Waals surface area contributed by atoms with Gasteiger partial charge in [-0.05, 0) is 6.42 Å². The molecule has 2 amide bonds. The Hall–Kier alpha value is -1.43. The van der Waals surface area contributed by atoms with Crippen LogP contribution in [0.4, 0.5) is 0 Å². The lowest BCUT2D eigenvalue weighted by Gasteiger charge is -2.00. The molecule has 0 spiro atoms. The highest BCUT2D eigenvalue weighted by molar-refractivity contribution is 6.45. The third kappa shape index (κ3) is 4.07. The van der Waals surface area contributed by atoms with Gasteiger partial charge in [0, 0.05) is 6.61 Å². The number of aliphatic imine (C=N–C) groups is 1. The van der Waals surface area contributed by atoms with Crippen molar-refractivity contribution in [3.8, 4) is 0 Å². The molecule has 1 rings (SSSR count). The van der Waals surface area contributed by atoms with Crippen molar-refractivity contribution in [1.82, 2.24) is 10.6 Å². The molecule has 15 heavy (non-hydrogen) atoms. The third-order valence-electron chi connectivity index (χ3n) is 1.82. The van der Waals surface area contributed by atoms with Crippen molar-refractivity contribution >= 4 is 17.8 Å². The molecule has 1 aliphatic heterocycles.